The SMILES string of the molecule is Cc1cccc(Oc2cccc(Oc3cccc(C)c3)n2)c1. The third kappa shape index (κ3) is 3.64. The third-order valence-corrected chi connectivity index (χ3v) is 3.12. The molecule has 0 bridgehead atoms. The second-order valence-corrected chi connectivity index (χ2v) is 5.15. The molecule has 0 fully saturated rings. The predicted octanol–water partition coefficient (Wildman–Crippen LogP) is 5.28. The van der Waals surface area contributed by atoms with Gasteiger partial charge in [-0.15, -0.1) is 0 Å². The molecule has 22 heavy (non-hydrogen) atoms. The summed E-state index contributed by atoms with van der Waals surface area (Å²) in [5.74, 6) is 2.55. The quantitative estimate of drug-likeness (QED) is 0.655. The summed E-state index contributed by atoms with van der Waals surface area (Å²) in [6, 6.07) is 21.2. The van der Waals surface area contributed by atoms with Crippen LogP contribution in [0.3, 0.4) is 0 Å². The molecule has 3 aromatic rings. The highest BCUT2D eigenvalue weighted by molar-refractivity contribution is 5.34. The maximum absolute atomic E-state index is 5.77. The van der Waals surface area contributed by atoms with Crippen LogP contribution in [0, 0.1) is 13.8 Å². The lowest BCUT2D eigenvalue weighted by molar-refractivity contribution is 0.426. The van der Waals surface area contributed by atoms with Gasteiger partial charge in [-0.1, -0.05) is 30.3 Å². The Hall–Kier alpha value is -2.81. The summed E-state index contributed by atoms with van der Waals surface area (Å²) in [5.41, 5.74) is 2.29. The van der Waals surface area contributed by atoms with Crippen LogP contribution in [0.2, 0.25) is 0 Å². The Morgan fingerprint density at radius 2 is 1.09 bits per heavy atom. The van der Waals surface area contributed by atoms with Crippen LogP contribution in [0.5, 0.6) is 23.3 Å². The van der Waals surface area contributed by atoms with Crippen LogP contribution < -0.4 is 9.47 Å². The zero-order valence-corrected chi connectivity index (χ0v) is 12.6. The maximum Gasteiger partial charge on any atom is 0.222 e. The molecular weight excluding hydrogens is 274 g/mol. The van der Waals surface area contributed by atoms with Gasteiger partial charge in [-0.25, -0.2) is 0 Å². The van der Waals surface area contributed by atoms with Crippen LogP contribution >= 0.6 is 0 Å². The molecule has 0 atom stereocenters. The Bertz CT molecular complexity index is 721. The standard InChI is InChI=1S/C19H17NO2/c1-14-6-3-8-16(12-14)21-18-10-5-11-19(20-18)22-17-9-4-7-15(2)13-17/h3-13H,1-2H3. The summed E-state index contributed by atoms with van der Waals surface area (Å²) in [6.45, 7) is 4.05. The highest BCUT2D eigenvalue weighted by Crippen LogP contribution is 2.25. The number of hydrogen-bond donors (Lipinski definition) is 0. The number of hydrogen-bond acceptors (Lipinski definition) is 3. The molecule has 1 heterocycles. The number of ether oxygens (including phenoxy) is 2. The maximum atomic E-state index is 5.77. The van der Waals surface area contributed by atoms with Crippen LogP contribution in [0.4, 0.5) is 0 Å². The van der Waals surface area contributed by atoms with E-state index >= 15 is 0 Å². The largest absolute Gasteiger partial charge is 0.439 e. The fourth-order valence-electron chi connectivity index (χ4n) is 2.11. The first-order valence-corrected chi connectivity index (χ1v) is 7.15. The first-order valence-electron chi connectivity index (χ1n) is 7.15. The van der Waals surface area contributed by atoms with Crippen LogP contribution in [0.25, 0.3) is 0 Å². The number of pyridine rings is 1. The molecule has 0 unspecified atom stereocenters. The van der Waals surface area contributed by atoms with E-state index in [1.807, 2.05) is 80.6 Å². The number of aromatic nitrogens is 1. The van der Waals surface area contributed by atoms with Crippen LogP contribution in [0.15, 0.2) is 66.7 Å². The predicted molar refractivity (Wildman–Crippen MR) is 86.7 cm³/mol. The monoisotopic (exact) mass is 291 g/mol. The van der Waals surface area contributed by atoms with Crippen molar-refractivity contribution in [1.29, 1.82) is 0 Å². The summed E-state index contributed by atoms with van der Waals surface area (Å²) in [5, 5.41) is 0. The molecule has 0 aliphatic carbocycles. The normalized spacial score (nSPS) is 10.3. The van der Waals surface area contributed by atoms with Crippen LogP contribution in [0.1, 0.15) is 11.1 Å². The van der Waals surface area contributed by atoms with Crippen molar-refractivity contribution in [3.63, 3.8) is 0 Å². The molecule has 0 spiro atoms. The van der Waals surface area contributed by atoms with E-state index in [0.717, 1.165) is 22.6 Å². The van der Waals surface area contributed by atoms with Gasteiger partial charge in [0.25, 0.3) is 0 Å². The minimum atomic E-state index is 0.510. The molecule has 0 N–H and O–H groups in total. The number of benzene rings is 2. The summed E-state index contributed by atoms with van der Waals surface area (Å²) in [7, 11) is 0. The molecule has 2 aromatic carbocycles. The van der Waals surface area contributed by atoms with Gasteiger partial charge < -0.3 is 9.47 Å². The molecule has 3 rings (SSSR count). The fourth-order valence-corrected chi connectivity index (χ4v) is 2.11. The Morgan fingerprint density at radius 3 is 1.55 bits per heavy atom. The zero-order chi connectivity index (χ0) is 15.4. The van der Waals surface area contributed by atoms with Gasteiger partial charge >= 0.3 is 0 Å². The molecule has 0 aliphatic rings. The first kappa shape index (κ1) is 14.1. The van der Waals surface area contributed by atoms with Crippen molar-refractivity contribution >= 4 is 0 Å². The van der Waals surface area contributed by atoms with Crippen molar-refractivity contribution in [2.75, 3.05) is 0 Å². The number of rotatable bonds is 4. The zero-order valence-electron chi connectivity index (χ0n) is 12.6. The Morgan fingerprint density at radius 1 is 0.636 bits per heavy atom. The molecule has 3 heteroatoms. The summed E-state index contributed by atoms with van der Waals surface area (Å²) in [4.78, 5) is 4.38. The molecule has 0 radical (unpaired) electrons. The van der Waals surface area contributed by atoms with Crippen molar-refractivity contribution in [2.24, 2.45) is 0 Å². The van der Waals surface area contributed by atoms with E-state index in [0.29, 0.717) is 11.8 Å². The minimum absolute atomic E-state index is 0.510. The highest BCUT2D eigenvalue weighted by Gasteiger charge is 2.03. The molecule has 110 valence electrons. The lowest BCUT2D eigenvalue weighted by Gasteiger charge is -2.08. The van der Waals surface area contributed by atoms with Crippen molar-refractivity contribution in [3.05, 3.63) is 77.9 Å². The summed E-state index contributed by atoms with van der Waals surface area (Å²) in [6.07, 6.45) is 0. The second-order valence-electron chi connectivity index (χ2n) is 5.15. The van der Waals surface area contributed by atoms with Gasteiger partial charge in [0.15, 0.2) is 0 Å². The van der Waals surface area contributed by atoms with Gasteiger partial charge in [0.1, 0.15) is 11.5 Å². The van der Waals surface area contributed by atoms with E-state index in [1.54, 1.807) is 0 Å². The third-order valence-electron chi connectivity index (χ3n) is 3.12. The topological polar surface area (TPSA) is 31.4 Å². The molecular formula is C19H17NO2. The van der Waals surface area contributed by atoms with Gasteiger partial charge in [0.2, 0.25) is 11.8 Å². The van der Waals surface area contributed by atoms with E-state index in [-0.39, 0.29) is 0 Å². The molecule has 3 nitrogen and oxygen atoms in total. The van der Waals surface area contributed by atoms with Crippen molar-refractivity contribution in [1.82, 2.24) is 4.98 Å². The van der Waals surface area contributed by atoms with E-state index in [9.17, 15) is 0 Å². The van der Waals surface area contributed by atoms with E-state index in [1.165, 1.54) is 0 Å². The van der Waals surface area contributed by atoms with Crippen LogP contribution in [-0.2, 0) is 0 Å². The average molecular weight is 291 g/mol. The van der Waals surface area contributed by atoms with Crippen molar-refractivity contribution in [3.8, 4) is 23.3 Å². The summed E-state index contributed by atoms with van der Waals surface area (Å²) < 4.78 is 11.5. The Kier molecular flexibility index (Phi) is 4.05. The fraction of sp³-hybridized carbons (Fsp3) is 0.105. The number of nitrogens with zero attached hydrogens (tertiary/aromatic N) is 1. The van der Waals surface area contributed by atoms with E-state index in [2.05, 4.69) is 4.98 Å². The molecule has 0 amide bonds. The van der Waals surface area contributed by atoms with Gasteiger partial charge in [0, 0.05) is 12.1 Å². The minimum Gasteiger partial charge on any atom is -0.439 e. The second kappa shape index (κ2) is 6.31. The molecule has 0 aliphatic heterocycles. The van der Waals surface area contributed by atoms with Gasteiger partial charge in [-0.2, -0.15) is 4.98 Å². The lowest BCUT2D eigenvalue weighted by atomic mass is 10.2. The first-order chi connectivity index (χ1) is 10.7. The van der Waals surface area contributed by atoms with Crippen molar-refractivity contribution in [2.45, 2.75) is 13.8 Å². The average Bonchev–Trinajstić information content (AvgIpc) is 2.47. The Balaban J connectivity index is 1.78. The van der Waals surface area contributed by atoms with E-state index < -0.39 is 0 Å². The van der Waals surface area contributed by atoms with Crippen LogP contribution in [-0.4, -0.2) is 4.98 Å². The highest BCUT2D eigenvalue weighted by atomic mass is 16.5. The Labute approximate surface area is 130 Å². The molecule has 1 aromatic heterocycles. The number of aryl methyl sites for hydroxylation is 2. The van der Waals surface area contributed by atoms with Crippen molar-refractivity contribution < 1.29 is 9.47 Å². The smallest absolute Gasteiger partial charge is 0.222 e. The lowest BCUT2D eigenvalue weighted by Crippen LogP contribution is -1.92. The van der Waals surface area contributed by atoms with Gasteiger partial charge in [0.05, 0.1) is 0 Å². The van der Waals surface area contributed by atoms with Gasteiger partial charge in [-0.3, -0.25) is 0 Å². The molecule has 0 saturated heterocycles. The van der Waals surface area contributed by atoms with Gasteiger partial charge in [-0.05, 0) is 49.2 Å². The molecule has 0 saturated carbocycles. The van der Waals surface area contributed by atoms with E-state index in [4.69, 9.17) is 9.47 Å². The summed E-state index contributed by atoms with van der Waals surface area (Å²) >= 11 is 0.